The van der Waals surface area contributed by atoms with Crippen LogP contribution in [-0.2, 0) is 9.59 Å². The van der Waals surface area contributed by atoms with Gasteiger partial charge in [-0.3, -0.25) is 9.59 Å². The molecule has 0 saturated heterocycles. The van der Waals surface area contributed by atoms with Crippen LogP contribution in [0.4, 0.5) is 5.69 Å². The first-order chi connectivity index (χ1) is 9.38. The highest BCUT2D eigenvalue weighted by molar-refractivity contribution is 6.14. The average molecular weight is 271 g/mol. The first-order valence-electron chi connectivity index (χ1n) is 7.29. The van der Waals surface area contributed by atoms with E-state index in [2.05, 4.69) is 19.2 Å². The van der Waals surface area contributed by atoms with Gasteiger partial charge in [0, 0.05) is 12.1 Å². The van der Waals surface area contributed by atoms with Gasteiger partial charge in [-0.15, -0.1) is 0 Å². The molecule has 2 aliphatic rings. The minimum Gasteiger partial charge on any atom is -0.325 e. The molecular formula is C17H21NO2. The fourth-order valence-corrected chi connectivity index (χ4v) is 4.17. The van der Waals surface area contributed by atoms with Crippen LogP contribution in [0.15, 0.2) is 24.3 Å². The Morgan fingerprint density at radius 3 is 2.65 bits per heavy atom. The Labute approximate surface area is 119 Å². The normalized spacial score (nSPS) is 30.6. The summed E-state index contributed by atoms with van der Waals surface area (Å²) in [7, 11) is 0. The number of Topliss-reactive ketones (excluding diaryl/α,β-unsaturated/α-hetero) is 1. The maximum Gasteiger partial charge on any atom is 0.238 e. The minimum absolute atomic E-state index is 0.113. The van der Waals surface area contributed by atoms with Crippen LogP contribution in [-0.4, -0.2) is 11.7 Å². The van der Waals surface area contributed by atoms with E-state index < -0.39 is 5.41 Å². The Balaban J connectivity index is 1.92. The third-order valence-electron chi connectivity index (χ3n) is 5.56. The number of carbonyl (C=O) groups is 2. The Bertz CT molecular complexity index is 590. The molecule has 0 aliphatic heterocycles. The van der Waals surface area contributed by atoms with E-state index in [4.69, 9.17) is 0 Å². The molecule has 1 aromatic carbocycles. The van der Waals surface area contributed by atoms with Crippen molar-refractivity contribution < 1.29 is 9.59 Å². The Morgan fingerprint density at radius 2 is 2.10 bits per heavy atom. The molecule has 2 fully saturated rings. The van der Waals surface area contributed by atoms with Gasteiger partial charge in [-0.1, -0.05) is 26.0 Å². The van der Waals surface area contributed by atoms with Gasteiger partial charge in [0.15, 0.2) is 0 Å². The fourth-order valence-electron chi connectivity index (χ4n) is 4.17. The lowest BCUT2D eigenvalue weighted by Crippen LogP contribution is -2.46. The first-order valence-corrected chi connectivity index (χ1v) is 7.29. The lowest BCUT2D eigenvalue weighted by Gasteiger charge is -2.34. The molecule has 2 aliphatic carbocycles. The van der Waals surface area contributed by atoms with Gasteiger partial charge in [0.25, 0.3) is 0 Å². The molecular weight excluding hydrogens is 250 g/mol. The molecule has 2 bridgehead atoms. The number of benzene rings is 1. The molecule has 0 heterocycles. The molecule has 20 heavy (non-hydrogen) atoms. The molecule has 3 nitrogen and oxygen atoms in total. The van der Waals surface area contributed by atoms with Crippen LogP contribution in [0, 0.1) is 23.7 Å². The molecule has 0 radical (unpaired) electrons. The van der Waals surface area contributed by atoms with Gasteiger partial charge in [-0.2, -0.15) is 0 Å². The number of hydrogen-bond donors (Lipinski definition) is 1. The number of hydrogen-bond acceptors (Lipinski definition) is 2. The second-order valence-electron chi connectivity index (χ2n) is 6.81. The number of nitrogens with one attached hydrogen (secondary N) is 1. The zero-order chi connectivity index (χ0) is 14.5. The third kappa shape index (κ3) is 1.58. The van der Waals surface area contributed by atoms with Gasteiger partial charge in [-0.25, -0.2) is 0 Å². The molecule has 2 atom stereocenters. The van der Waals surface area contributed by atoms with Gasteiger partial charge in [-0.05, 0) is 48.8 Å². The molecule has 106 valence electrons. The highest BCUT2D eigenvalue weighted by Gasteiger charge is 2.68. The minimum atomic E-state index is -0.818. The number of anilines is 1. The van der Waals surface area contributed by atoms with Crippen molar-refractivity contribution in [2.75, 3.05) is 5.32 Å². The highest BCUT2D eigenvalue weighted by atomic mass is 16.2. The van der Waals surface area contributed by atoms with Crippen molar-refractivity contribution >= 4 is 17.4 Å². The summed E-state index contributed by atoms with van der Waals surface area (Å²) in [6.07, 6.45) is 2.25. The number of amides is 1. The smallest absolute Gasteiger partial charge is 0.238 e. The van der Waals surface area contributed by atoms with Gasteiger partial charge in [0.2, 0.25) is 5.91 Å². The molecule has 2 saturated carbocycles. The van der Waals surface area contributed by atoms with Crippen LogP contribution in [0.1, 0.15) is 38.7 Å². The quantitative estimate of drug-likeness (QED) is 0.839. The van der Waals surface area contributed by atoms with Crippen LogP contribution in [0.25, 0.3) is 0 Å². The standard InChI is InChI=1S/C17H21NO2/c1-11-5-4-6-13(9-11)18-15(20)17-8-7-12(10-14(17)19)16(17,2)3/h4-6,9,12H,7-8,10H2,1-3H3,(H,18,20). The van der Waals surface area contributed by atoms with Crippen LogP contribution in [0.3, 0.4) is 0 Å². The number of rotatable bonds is 2. The summed E-state index contributed by atoms with van der Waals surface area (Å²) in [6, 6.07) is 7.72. The van der Waals surface area contributed by atoms with E-state index in [0.717, 1.165) is 17.7 Å². The van der Waals surface area contributed by atoms with Crippen molar-refractivity contribution in [1.29, 1.82) is 0 Å². The van der Waals surface area contributed by atoms with Crippen LogP contribution >= 0.6 is 0 Å². The molecule has 1 amide bonds. The van der Waals surface area contributed by atoms with E-state index in [0.29, 0.717) is 18.8 Å². The first kappa shape index (κ1) is 13.3. The number of ketones is 1. The lowest BCUT2D eigenvalue weighted by molar-refractivity contribution is -0.141. The summed E-state index contributed by atoms with van der Waals surface area (Å²) >= 11 is 0. The topological polar surface area (TPSA) is 46.2 Å². The molecule has 2 unspecified atom stereocenters. The van der Waals surface area contributed by atoms with Gasteiger partial charge >= 0.3 is 0 Å². The second kappa shape index (κ2) is 4.18. The number of fused-ring (bicyclic) bond motifs is 2. The number of aryl methyl sites for hydroxylation is 1. The largest absolute Gasteiger partial charge is 0.325 e. The predicted molar refractivity (Wildman–Crippen MR) is 78.4 cm³/mol. The summed E-state index contributed by atoms with van der Waals surface area (Å²) in [5.74, 6) is 0.375. The Morgan fingerprint density at radius 1 is 1.35 bits per heavy atom. The van der Waals surface area contributed by atoms with Crippen LogP contribution in [0.5, 0.6) is 0 Å². The SMILES string of the molecule is Cc1cccc(NC(=O)C23CCC(CC2=O)C3(C)C)c1. The molecule has 1 aromatic rings. The monoisotopic (exact) mass is 271 g/mol. The van der Waals surface area contributed by atoms with E-state index in [9.17, 15) is 9.59 Å². The number of carbonyl (C=O) groups excluding carboxylic acids is 2. The summed E-state index contributed by atoms with van der Waals surface area (Å²) < 4.78 is 0. The molecule has 1 N–H and O–H groups in total. The maximum absolute atomic E-state index is 12.8. The Kier molecular flexibility index (Phi) is 2.79. The summed E-state index contributed by atoms with van der Waals surface area (Å²) in [5.41, 5.74) is 0.837. The highest BCUT2D eigenvalue weighted by Crippen LogP contribution is 2.64. The molecule has 0 spiro atoms. The van der Waals surface area contributed by atoms with Gasteiger partial charge in [0.05, 0.1) is 0 Å². The zero-order valence-corrected chi connectivity index (χ0v) is 12.3. The lowest BCUT2D eigenvalue weighted by atomic mass is 9.68. The van der Waals surface area contributed by atoms with Crippen molar-refractivity contribution in [2.24, 2.45) is 16.7 Å². The summed E-state index contributed by atoms with van der Waals surface area (Å²) in [5, 5.41) is 2.97. The van der Waals surface area contributed by atoms with E-state index in [-0.39, 0.29) is 17.1 Å². The maximum atomic E-state index is 12.8. The van der Waals surface area contributed by atoms with Crippen molar-refractivity contribution in [1.82, 2.24) is 0 Å². The van der Waals surface area contributed by atoms with Crippen LogP contribution in [0.2, 0.25) is 0 Å². The van der Waals surface area contributed by atoms with E-state index in [1.165, 1.54) is 0 Å². The van der Waals surface area contributed by atoms with Crippen molar-refractivity contribution in [3.8, 4) is 0 Å². The van der Waals surface area contributed by atoms with Crippen molar-refractivity contribution in [3.63, 3.8) is 0 Å². The van der Waals surface area contributed by atoms with Gasteiger partial charge in [0.1, 0.15) is 11.2 Å². The predicted octanol–water partition coefficient (Wildman–Crippen LogP) is 3.33. The van der Waals surface area contributed by atoms with Crippen molar-refractivity contribution in [2.45, 2.75) is 40.0 Å². The zero-order valence-electron chi connectivity index (χ0n) is 12.3. The fraction of sp³-hybridized carbons (Fsp3) is 0.529. The average Bonchev–Trinajstić information content (AvgIpc) is 2.73. The summed E-state index contributed by atoms with van der Waals surface area (Å²) in [4.78, 5) is 25.2. The van der Waals surface area contributed by atoms with E-state index >= 15 is 0 Å². The summed E-state index contributed by atoms with van der Waals surface area (Å²) in [6.45, 7) is 6.14. The molecule has 0 aromatic heterocycles. The molecule has 3 rings (SSSR count). The van der Waals surface area contributed by atoms with E-state index in [1.807, 2.05) is 31.2 Å². The van der Waals surface area contributed by atoms with Crippen molar-refractivity contribution in [3.05, 3.63) is 29.8 Å². The van der Waals surface area contributed by atoms with Crippen LogP contribution < -0.4 is 5.32 Å². The van der Waals surface area contributed by atoms with E-state index in [1.54, 1.807) is 0 Å². The second-order valence-corrected chi connectivity index (χ2v) is 6.81. The molecule has 3 heteroatoms. The van der Waals surface area contributed by atoms with Gasteiger partial charge < -0.3 is 5.32 Å². The third-order valence-corrected chi connectivity index (χ3v) is 5.56. The Hall–Kier alpha value is -1.64.